The van der Waals surface area contributed by atoms with Crippen molar-refractivity contribution in [2.45, 2.75) is 32.1 Å². The summed E-state index contributed by atoms with van der Waals surface area (Å²) in [6, 6.07) is 6.90. The predicted octanol–water partition coefficient (Wildman–Crippen LogP) is 4.20. The van der Waals surface area contributed by atoms with Gasteiger partial charge in [0, 0.05) is 75.5 Å². The largest absolute Gasteiger partial charge is 0.390 e. The highest BCUT2D eigenvalue weighted by Gasteiger charge is 2.31. The van der Waals surface area contributed by atoms with E-state index >= 15 is 4.39 Å². The van der Waals surface area contributed by atoms with Crippen molar-refractivity contribution in [2.75, 3.05) is 76.2 Å². The number of benzene rings is 2. The molecular formula is C29H36ClF5N6O2. The summed E-state index contributed by atoms with van der Waals surface area (Å²) < 4.78 is 68.0. The fourth-order valence-corrected chi connectivity index (χ4v) is 5.44. The summed E-state index contributed by atoms with van der Waals surface area (Å²) >= 11 is 6.22. The molecule has 2 aromatic rings. The third-order valence-electron chi connectivity index (χ3n) is 7.79. The number of anilines is 2. The highest BCUT2D eigenvalue weighted by atomic mass is 35.5. The standard InChI is InChI=1S/C29H36ClF5N6O2/c1-19-17-39(8-7-29(33,34)35)13-14-41(19)24-15-21(30)4-6-23(24)37-28(43)22-5-3-20(26(31)27(22)32)16-36-25(42)18-40-11-9-38(2)10-12-40/h3-6,15,19H,7-14,16-18H2,1-2H3,(H,36,42)(H,37,43)/t19-/m1/s1. The lowest BCUT2D eigenvalue weighted by molar-refractivity contribution is -0.138. The van der Waals surface area contributed by atoms with Crippen LogP contribution in [0.15, 0.2) is 30.3 Å². The Balaban J connectivity index is 1.39. The van der Waals surface area contributed by atoms with Gasteiger partial charge in [-0.25, -0.2) is 8.78 Å². The first kappa shape index (κ1) is 32.9. The van der Waals surface area contributed by atoms with Crippen molar-refractivity contribution in [3.05, 3.63) is 58.1 Å². The SMILES string of the molecule is C[C@@H]1CN(CCC(F)(F)F)CCN1c1cc(Cl)ccc1NC(=O)c1ccc(CNC(=O)CN2CCN(C)CC2)c(F)c1F. The second-order valence-corrected chi connectivity index (χ2v) is 11.5. The molecule has 0 radical (unpaired) electrons. The molecule has 0 unspecified atom stereocenters. The molecule has 2 aromatic carbocycles. The highest BCUT2D eigenvalue weighted by molar-refractivity contribution is 6.31. The lowest BCUT2D eigenvalue weighted by atomic mass is 10.1. The topological polar surface area (TPSA) is 71.2 Å². The summed E-state index contributed by atoms with van der Waals surface area (Å²) in [5, 5.41) is 5.61. The molecule has 8 nitrogen and oxygen atoms in total. The summed E-state index contributed by atoms with van der Waals surface area (Å²) in [5.74, 6) is -3.77. The minimum Gasteiger partial charge on any atom is -0.365 e. The molecule has 2 aliphatic rings. The molecular weight excluding hydrogens is 595 g/mol. The average Bonchev–Trinajstić information content (AvgIpc) is 2.94. The average molecular weight is 631 g/mol. The molecule has 0 bridgehead atoms. The zero-order valence-electron chi connectivity index (χ0n) is 24.1. The van der Waals surface area contributed by atoms with E-state index in [2.05, 4.69) is 15.5 Å². The summed E-state index contributed by atoms with van der Waals surface area (Å²) in [5.41, 5.74) is 0.204. The van der Waals surface area contributed by atoms with E-state index in [-0.39, 0.29) is 37.1 Å². The van der Waals surface area contributed by atoms with Gasteiger partial charge < -0.3 is 20.4 Å². The molecule has 0 aliphatic carbocycles. The molecule has 43 heavy (non-hydrogen) atoms. The van der Waals surface area contributed by atoms with Gasteiger partial charge in [-0.05, 0) is 38.2 Å². The Morgan fingerprint density at radius 3 is 2.35 bits per heavy atom. The fraction of sp³-hybridized carbons (Fsp3) is 0.517. The molecule has 14 heteroatoms. The Kier molecular flexibility index (Phi) is 10.9. The van der Waals surface area contributed by atoms with E-state index in [0.717, 1.165) is 32.2 Å². The second kappa shape index (κ2) is 14.2. The van der Waals surface area contributed by atoms with Crippen LogP contribution >= 0.6 is 11.6 Å². The number of likely N-dealkylation sites (N-methyl/N-ethyl adjacent to an activating group) is 1. The zero-order chi connectivity index (χ0) is 31.3. The van der Waals surface area contributed by atoms with Gasteiger partial charge in [0.05, 0.1) is 29.9 Å². The lowest BCUT2D eigenvalue weighted by Crippen LogP contribution is -2.52. The van der Waals surface area contributed by atoms with Gasteiger partial charge in [-0.15, -0.1) is 0 Å². The van der Waals surface area contributed by atoms with Crippen LogP contribution in [0.3, 0.4) is 0 Å². The summed E-state index contributed by atoms with van der Waals surface area (Å²) in [7, 11) is 2.00. The maximum Gasteiger partial charge on any atom is 0.390 e. The number of alkyl halides is 3. The minimum atomic E-state index is -4.24. The number of hydrogen-bond donors (Lipinski definition) is 2. The molecule has 2 amide bonds. The quantitative estimate of drug-likeness (QED) is 0.405. The van der Waals surface area contributed by atoms with Gasteiger partial charge in [-0.2, -0.15) is 13.2 Å². The molecule has 2 saturated heterocycles. The third kappa shape index (κ3) is 9.01. The number of rotatable bonds is 9. The number of carbonyl (C=O) groups is 2. The number of carbonyl (C=O) groups excluding carboxylic acids is 2. The van der Waals surface area contributed by atoms with Gasteiger partial charge in [0.2, 0.25) is 5.91 Å². The Hall–Kier alpha value is -3.00. The number of piperazine rings is 2. The molecule has 4 rings (SSSR count). The number of halogens is 6. The summed E-state index contributed by atoms with van der Waals surface area (Å²) in [4.78, 5) is 33.2. The number of amides is 2. The molecule has 1 atom stereocenters. The van der Waals surface area contributed by atoms with E-state index in [1.165, 1.54) is 18.2 Å². The van der Waals surface area contributed by atoms with E-state index in [1.807, 2.05) is 23.8 Å². The van der Waals surface area contributed by atoms with Crippen molar-refractivity contribution in [2.24, 2.45) is 0 Å². The fourth-order valence-electron chi connectivity index (χ4n) is 5.28. The molecule has 0 spiro atoms. The van der Waals surface area contributed by atoms with Crippen LogP contribution in [0.1, 0.15) is 29.3 Å². The van der Waals surface area contributed by atoms with Crippen molar-refractivity contribution in [1.82, 2.24) is 20.0 Å². The summed E-state index contributed by atoms with van der Waals surface area (Å²) in [6.45, 7) is 5.94. The van der Waals surface area contributed by atoms with Crippen LogP contribution < -0.4 is 15.5 Å². The monoisotopic (exact) mass is 630 g/mol. The molecule has 2 fully saturated rings. The van der Waals surface area contributed by atoms with E-state index in [9.17, 15) is 27.2 Å². The van der Waals surface area contributed by atoms with Gasteiger partial charge in [0.25, 0.3) is 5.91 Å². The molecule has 236 valence electrons. The van der Waals surface area contributed by atoms with Crippen molar-refractivity contribution in [1.29, 1.82) is 0 Å². The maximum absolute atomic E-state index is 15.1. The number of nitrogens with zero attached hydrogens (tertiary/aromatic N) is 4. The van der Waals surface area contributed by atoms with Gasteiger partial charge in [-0.3, -0.25) is 19.4 Å². The van der Waals surface area contributed by atoms with Crippen LogP contribution in [0.4, 0.5) is 33.3 Å². The molecule has 0 aromatic heterocycles. The first-order chi connectivity index (χ1) is 20.3. The second-order valence-electron chi connectivity index (χ2n) is 11.1. The maximum atomic E-state index is 15.1. The van der Waals surface area contributed by atoms with Gasteiger partial charge in [0.15, 0.2) is 11.6 Å². The van der Waals surface area contributed by atoms with Crippen LogP contribution in [-0.4, -0.2) is 105 Å². The van der Waals surface area contributed by atoms with E-state index in [0.29, 0.717) is 36.0 Å². The van der Waals surface area contributed by atoms with Gasteiger partial charge >= 0.3 is 6.18 Å². The van der Waals surface area contributed by atoms with Crippen LogP contribution in [0.5, 0.6) is 0 Å². The summed E-state index contributed by atoms with van der Waals surface area (Å²) in [6.07, 6.45) is -5.14. The third-order valence-corrected chi connectivity index (χ3v) is 8.02. The minimum absolute atomic E-state index is 0.0924. The van der Waals surface area contributed by atoms with E-state index in [1.54, 1.807) is 11.0 Å². The van der Waals surface area contributed by atoms with Gasteiger partial charge in [0.1, 0.15) is 0 Å². The van der Waals surface area contributed by atoms with Gasteiger partial charge in [-0.1, -0.05) is 17.7 Å². The Morgan fingerprint density at radius 2 is 1.67 bits per heavy atom. The van der Waals surface area contributed by atoms with Crippen LogP contribution in [0, 0.1) is 11.6 Å². The van der Waals surface area contributed by atoms with Crippen molar-refractivity contribution in [3.8, 4) is 0 Å². The van der Waals surface area contributed by atoms with E-state index in [4.69, 9.17) is 11.6 Å². The van der Waals surface area contributed by atoms with Crippen LogP contribution in [-0.2, 0) is 11.3 Å². The Labute approximate surface area is 252 Å². The molecule has 2 heterocycles. The highest BCUT2D eigenvalue weighted by Crippen LogP contribution is 2.33. The molecule has 0 saturated carbocycles. The lowest BCUT2D eigenvalue weighted by Gasteiger charge is -2.42. The van der Waals surface area contributed by atoms with Crippen LogP contribution in [0.2, 0.25) is 5.02 Å². The first-order valence-electron chi connectivity index (χ1n) is 14.1. The van der Waals surface area contributed by atoms with Crippen molar-refractivity contribution < 1.29 is 31.5 Å². The Bertz CT molecular complexity index is 1300. The normalized spacial score (nSPS) is 19.0. The zero-order valence-corrected chi connectivity index (χ0v) is 24.9. The van der Waals surface area contributed by atoms with Crippen LogP contribution in [0.25, 0.3) is 0 Å². The molecule has 2 aliphatic heterocycles. The molecule has 2 N–H and O–H groups in total. The van der Waals surface area contributed by atoms with E-state index < -0.39 is 35.7 Å². The first-order valence-corrected chi connectivity index (χ1v) is 14.5. The number of nitrogens with one attached hydrogen (secondary N) is 2. The smallest absolute Gasteiger partial charge is 0.365 e. The Morgan fingerprint density at radius 1 is 0.977 bits per heavy atom. The van der Waals surface area contributed by atoms with Crippen molar-refractivity contribution in [3.63, 3.8) is 0 Å². The van der Waals surface area contributed by atoms with Crippen molar-refractivity contribution >= 4 is 34.8 Å². The number of hydrogen-bond acceptors (Lipinski definition) is 6. The predicted molar refractivity (Wildman–Crippen MR) is 155 cm³/mol.